The Hall–Kier alpha value is -1.71. The SMILES string of the molecule is COc1cc(C)c(C)cc1N(C)CC(C)(C)C(=O)O. The van der Waals surface area contributed by atoms with Crippen LogP contribution < -0.4 is 9.64 Å². The molecule has 1 N–H and O–H groups in total. The fourth-order valence-electron chi connectivity index (χ4n) is 1.98. The Morgan fingerprint density at radius 2 is 1.84 bits per heavy atom. The summed E-state index contributed by atoms with van der Waals surface area (Å²) >= 11 is 0. The first-order valence-electron chi connectivity index (χ1n) is 6.29. The van der Waals surface area contributed by atoms with Crippen molar-refractivity contribution in [3.63, 3.8) is 0 Å². The van der Waals surface area contributed by atoms with Crippen molar-refractivity contribution in [2.24, 2.45) is 5.41 Å². The summed E-state index contributed by atoms with van der Waals surface area (Å²) in [5.41, 5.74) is 2.43. The van der Waals surface area contributed by atoms with Gasteiger partial charge in [0, 0.05) is 13.6 Å². The number of carbonyl (C=O) groups is 1. The van der Waals surface area contributed by atoms with E-state index in [-0.39, 0.29) is 0 Å². The molecule has 0 radical (unpaired) electrons. The second-order valence-electron chi connectivity index (χ2n) is 5.65. The molecule has 0 heterocycles. The second-order valence-corrected chi connectivity index (χ2v) is 5.65. The number of hydrogen-bond donors (Lipinski definition) is 1. The Morgan fingerprint density at radius 3 is 2.32 bits per heavy atom. The molecule has 1 aromatic carbocycles. The number of aliphatic carboxylic acids is 1. The summed E-state index contributed by atoms with van der Waals surface area (Å²) in [5.74, 6) is -0.0334. The number of hydrogen-bond acceptors (Lipinski definition) is 3. The van der Waals surface area contributed by atoms with Gasteiger partial charge in [-0.15, -0.1) is 0 Å². The zero-order valence-corrected chi connectivity index (χ0v) is 12.6. The maximum Gasteiger partial charge on any atom is 0.310 e. The lowest BCUT2D eigenvalue weighted by Gasteiger charge is -2.29. The van der Waals surface area contributed by atoms with Gasteiger partial charge in [-0.05, 0) is 51.0 Å². The summed E-state index contributed by atoms with van der Waals surface area (Å²) < 4.78 is 5.39. The van der Waals surface area contributed by atoms with E-state index in [1.54, 1.807) is 21.0 Å². The number of aryl methyl sites for hydroxylation is 2. The van der Waals surface area contributed by atoms with Crippen molar-refractivity contribution in [1.82, 2.24) is 0 Å². The van der Waals surface area contributed by atoms with Gasteiger partial charge < -0.3 is 14.7 Å². The van der Waals surface area contributed by atoms with Gasteiger partial charge in [0.2, 0.25) is 0 Å². The molecule has 0 saturated heterocycles. The Kier molecular flexibility index (Phi) is 4.45. The van der Waals surface area contributed by atoms with Gasteiger partial charge in [-0.3, -0.25) is 4.79 Å². The smallest absolute Gasteiger partial charge is 0.310 e. The van der Waals surface area contributed by atoms with E-state index in [2.05, 4.69) is 0 Å². The molecule has 0 aliphatic carbocycles. The average Bonchev–Trinajstić information content (AvgIpc) is 2.31. The lowest BCUT2D eigenvalue weighted by atomic mass is 9.93. The van der Waals surface area contributed by atoms with E-state index in [9.17, 15) is 9.90 Å². The third-order valence-corrected chi connectivity index (χ3v) is 3.42. The first kappa shape index (κ1) is 15.3. The first-order chi connectivity index (χ1) is 8.69. The highest BCUT2D eigenvalue weighted by Crippen LogP contribution is 2.32. The van der Waals surface area contributed by atoms with Gasteiger partial charge in [0.15, 0.2) is 0 Å². The molecule has 106 valence electrons. The van der Waals surface area contributed by atoms with E-state index in [1.807, 2.05) is 37.9 Å². The molecule has 1 rings (SSSR count). The van der Waals surface area contributed by atoms with Crippen LogP contribution in [-0.2, 0) is 4.79 Å². The summed E-state index contributed by atoms with van der Waals surface area (Å²) in [6.07, 6.45) is 0. The molecule has 4 heteroatoms. The minimum absolute atomic E-state index is 0.418. The molecule has 0 atom stereocenters. The molecule has 0 saturated carbocycles. The number of carboxylic acid groups (broad SMARTS) is 1. The zero-order valence-electron chi connectivity index (χ0n) is 12.6. The predicted octanol–water partition coefficient (Wildman–Crippen LogP) is 2.86. The maximum atomic E-state index is 11.2. The monoisotopic (exact) mass is 265 g/mol. The molecular formula is C15H23NO3. The fourth-order valence-corrected chi connectivity index (χ4v) is 1.98. The van der Waals surface area contributed by atoms with Crippen LogP contribution in [0.3, 0.4) is 0 Å². The maximum absolute atomic E-state index is 11.2. The summed E-state index contributed by atoms with van der Waals surface area (Å²) in [6, 6.07) is 4.01. The molecule has 0 fully saturated rings. The lowest BCUT2D eigenvalue weighted by Crippen LogP contribution is -2.37. The van der Waals surface area contributed by atoms with E-state index >= 15 is 0 Å². The molecule has 0 aliphatic rings. The first-order valence-corrected chi connectivity index (χ1v) is 6.29. The van der Waals surface area contributed by atoms with Crippen LogP contribution in [0.4, 0.5) is 5.69 Å². The molecule has 1 aromatic rings. The summed E-state index contributed by atoms with van der Waals surface area (Å²) in [5, 5.41) is 9.20. The molecule has 0 bridgehead atoms. The Labute approximate surface area is 115 Å². The van der Waals surface area contributed by atoms with Crippen LogP contribution in [0.1, 0.15) is 25.0 Å². The molecule has 0 unspecified atom stereocenters. The predicted molar refractivity (Wildman–Crippen MR) is 77.2 cm³/mol. The van der Waals surface area contributed by atoms with Gasteiger partial charge in [0.1, 0.15) is 5.75 Å². The van der Waals surface area contributed by atoms with Gasteiger partial charge in [-0.25, -0.2) is 0 Å². The van der Waals surface area contributed by atoms with Crippen molar-refractivity contribution >= 4 is 11.7 Å². The van der Waals surface area contributed by atoms with E-state index < -0.39 is 11.4 Å². The number of methoxy groups -OCH3 is 1. The van der Waals surface area contributed by atoms with Gasteiger partial charge in [0.05, 0.1) is 18.2 Å². The third-order valence-electron chi connectivity index (χ3n) is 3.42. The summed E-state index contributed by atoms with van der Waals surface area (Å²) in [4.78, 5) is 13.1. The number of rotatable bonds is 5. The van der Waals surface area contributed by atoms with Crippen LogP contribution in [-0.4, -0.2) is 31.8 Å². The molecule has 19 heavy (non-hydrogen) atoms. The molecular weight excluding hydrogens is 242 g/mol. The Morgan fingerprint density at radius 1 is 1.32 bits per heavy atom. The largest absolute Gasteiger partial charge is 0.495 e. The quantitative estimate of drug-likeness (QED) is 0.889. The topological polar surface area (TPSA) is 49.8 Å². The van der Waals surface area contributed by atoms with Crippen molar-refractivity contribution in [3.8, 4) is 5.75 Å². The van der Waals surface area contributed by atoms with Crippen LogP contribution >= 0.6 is 0 Å². The summed E-state index contributed by atoms with van der Waals surface area (Å²) in [6.45, 7) is 7.93. The minimum atomic E-state index is -0.807. The van der Waals surface area contributed by atoms with Crippen molar-refractivity contribution in [2.75, 3.05) is 25.6 Å². The average molecular weight is 265 g/mol. The van der Waals surface area contributed by atoms with E-state index in [0.29, 0.717) is 6.54 Å². The Bertz CT molecular complexity index is 481. The van der Waals surface area contributed by atoms with Crippen LogP contribution in [0.15, 0.2) is 12.1 Å². The number of carboxylic acids is 1. The lowest BCUT2D eigenvalue weighted by molar-refractivity contribution is -0.146. The Balaban J connectivity index is 3.09. The van der Waals surface area contributed by atoms with E-state index in [1.165, 1.54) is 0 Å². The normalized spacial score (nSPS) is 11.3. The summed E-state index contributed by atoms with van der Waals surface area (Å²) in [7, 11) is 3.51. The second kappa shape index (κ2) is 5.51. The van der Waals surface area contributed by atoms with Gasteiger partial charge in [0.25, 0.3) is 0 Å². The van der Waals surface area contributed by atoms with E-state index in [4.69, 9.17) is 4.74 Å². The van der Waals surface area contributed by atoms with Crippen LogP contribution in [0.5, 0.6) is 5.75 Å². The molecule has 0 amide bonds. The van der Waals surface area contributed by atoms with Crippen molar-refractivity contribution < 1.29 is 14.6 Å². The fraction of sp³-hybridized carbons (Fsp3) is 0.533. The molecule has 4 nitrogen and oxygen atoms in total. The molecule has 0 spiro atoms. The molecule has 0 aromatic heterocycles. The standard InChI is InChI=1S/C15H23NO3/c1-10-7-12(13(19-6)8-11(10)2)16(5)9-15(3,4)14(17)18/h7-8H,9H2,1-6H3,(H,17,18). The number of nitrogens with zero attached hydrogens (tertiary/aromatic N) is 1. The van der Waals surface area contributed by atoms with Crippen molar-refractivity contribution in [1.29, 1.82) is 0 Å². The third kappa shape index (κ3) is 3.40. The number of benzene rings is 1. The number of ether oxygens (including phenoxy) is 1. The zero-order chi connectivity index (χ0) is 14.8. The van der Waals surface area contributed by atoms with Crippen LogP contribution in [0.25, 0.3) is 0 Å². The van der Waals surface area contributed by atoms with E-state index in [0.717, 1.165) is 22.6 Å². The van der Waals surface area contributed by atoms with Crippen LogP contribution in [0, 0.1) is 19.3 Å². The highest BCUT2D eigenvalue weighted by Gasteiger charge is 2.29. The van der Waals surface area contributed by atoms with Crippen molar-refractivity contribution in [2.45, 2.75) is 27.7 Å². The van der Waals surface area contributed by atoms with Gasteiger partial charge >= 0.3 is 5.97 Å². The van der Waals surface area contributed by atoms with Gasteiger partial charge in [-0.1, -0.05) is 0 Å². The van der Waals surface area contributed by atoms with Crippen LogP contribution in [0.2, 0.25) is 0 Å². The highest BCUT2D eigenvalue weighted by atomic mass is 16.5. The highest BCUT2D eigenvalue weighted by molar-refractivity contribution is 5.75. The molecule has 0 aliphatic heterocycles. The minimum Gasteiger partial charge on any atom is -0.495 e. The van der Waals surface area contributed by atoms with Crippen molar-refractivity contribution in [3.05, 3.63) is 23.3 Å². The van der Waals surface area contributed by atoms with Gasteiger partial charge in [-0.2, -0.15) is 0 Å². The number of anilines is 1.